The van der Waals surface area contributed by atoms with Crippen molar-refractivity contribution < 1.29 is 23.9 Å². The molecule has 0 spiro atoms. The second-order valence-corrected chi connectivity index (χ2v) is 15.4. The van der Waals surface area contributed by atoms with E-state index in [1.54, 1.807) is 0 Å². The van der Waals surface area contributed by atoms with E-state index in [0.717, 1.165) is 24.8 Å². The molecule has 4 aliphatic carbocycles. The standard InChI is InChI=1S/C36H55NO5/c1-22(2)12-11-13-25(33(40)41-8)31-27-20-29(39)32-34(5)16-15-28(37-18-9-10-19-37)23(3)26(34)14-17-35(32,6)36(27,7)21-30(31)42-24(4)38/h12,23,26-28,30,32H,9-11,13-21H2,1-8H3/b31-25-/t23-,26-,27-,28?,30-,32-,34-,35-,36-/m0/s1. The van der Waals surface area contributed by atoms with Crippen molar-refractivity contribution in [3.8, 4) is 0 Å². The van der Waals surface area contributed by atoms with Gasteiger partial charge in [0.25, 0.3) is 0 Å². The predicted molar refractivity (Wildman–Crippen MR) is 165 cm³/mol. The Labute approximate surface area is 254 Å². The number of likely N-dealkylation sites (tertiary alicyclic amines) is 1. The first-order valence-electron chi connectivity index (χ1n) is 16.7. The molecule has 1 unspecified atom stereocenters. The van der Waals surface area contributed by atoms with E-state index in [1.807, 2.05) is 0 Å². The first-order chi connectivity index (χ1) is 19.8. The second kappa shape index (κ2) is 11.5. The van der Waals surface area contributed by atoms with Gasteiger partial charge in [-0.1, -0.05) is 39.3 Å². The van der Waals surface area contributed by atoms with Gasteiger partial charge in [0, 0.05) is 30.9 Å². The molecular formula is C36H55NO5. The van der Waals surface area contributed by atoms with E-state index in [9.17, 15) is 14.4 Å². The summed E-state index contributed by atoms with van der Waals surface area (Å²) < 4.78 is 11.3. The maximum Gasteiger partial charge on any atom is 0.333 e. The van der Waals surface area contributed by atoms with Crippen molar-refractivity contribution in [1.82, 2.24) is 4.90 Å². The molecule has 6 heteroatoms. The Balaban J connectivity index is 1.55. The Kier molecular flexibility index (Phi) is 8.63. The molecule has 42 heavy (non-hydrogen) atoms. The van der Waals surface area contributed by atoms with Crippen LogP contribution in [0.1, 0.15) is 113 Å². The number of Topliss-reactive ketones (excluding diaryl/α,β-unsaturated/α-hetero) is 1. The van der Waals surface area contributed by atoms with Crippen LogP contribution in [-0.4, -0.2) is 55.0 Å². The summed E-state index contributed by atoms with van der Waals surface area (Å²) in [7, 11) is 1.42. The summed E-state index contributed by atoms with van der Waals surface area (Å²) in [5.41, 5.74) is 2.11. The zero-order valence-corrected chi connectivity index (χ0v) is 27.5. The predicted octanol–water partition coefficient (Wildman–Crippen LogP) is 7.07. The molecule has 0 N–H and O–H groups in total. The number of hydrogen-bond acceptors (Lipinski definition) is 6. The van der Waals surface area contributed by atoms with Crippen molar-refractivity contribution in [2.24, 2.45) is 39.9 Å². The lowest BCUT2D eigenvalue weighted by Gasteiger charge is -2.67. The number of nitrogens with zero attached hydrogens (tertiary/aromatic N) is 1. The highest BCUT2D eigenvalue weighted by Gasteiger charge is 2.71. The lowest BCUT2D eigenvalue weighted by atomic mass is 9.36. The van der Waals surface area contributed by atoms with Crippen molar-refractivity contribution in [3.63, 3.8) is 0 Å². The lowest BCUT2D eigenvalue weighted by Crippen LogP contribution is -2.65. The largest absolute Gasteiger partial charge is 0.466 e. The Bertz CT molecular complexity index is 1160. The van der Waals surface area contributed by atoms with E-state index in [0.29, 0.717) is 54.9 Å². The minimum atomic E-state index is -0.503. The van der Waals surface area contributed by atoms with Crippen LogP contribution < -0.4 is 0 Å². The number of esters is 2. The zero-order chi connectivity index (χ0) is 30.6. The SMILES string of the molecule is COC(=O)/C(CCC=C(C)C)=C1\[C@@H](OC(C)=O)C[C@@]2(C)[C@H]1CC(=O)[C@H]1[C@@]3(C)CCC(N4CCCC4)[C@@H](C)[C@@H]3CC[C@@]12C. The number of hydrogen-bond donors (Lipinski definition) is 0. The van der Waals surface area contributed by atoms with Crippen LogP contribution in [0.3, 0.4) is 0 Å². The molecule has 5 fully saturated rings. The number of carbonyl (C=O) groups excluding carboxylic acids is 3. The molecule has 0 amide bonds. The lowest BCUT2D eigenvalue weighted by molar-refractivity contribution is -0.195. The van der Waals surface area contributed by atoms with E-state index >= 15 is 0 Å². The number of rotatable bonds is 6. The summed E-state index contributed by atoms with van der Waals surface area (Å²) in [6, 6.07) is 0.634. The number of carbonyl (C=O) groups is 3. The molecule has 5 rings (SSSR count). The number of ketones is 1. The monoisotopic (exact) mass is 581 g/mol. The van der Waals surface area contributed by atoms with Crippen molar-refractivity contribution in [2.45, 2.75) is 125 Å². The fraction of sp³-hybridized carbons (Fsp3) is 0.806. The molecule has 1 heterocycles. The smallest absolute Gasteiger partial charge is 0.333 e. The summed E-state index contributed by atoms with van der Waals surface area (Å²) in [6.45, 7) is 17.6. The van der Waals surface area contributed by atoms with E-state index in [1.165, 1.54) is 52.0 Å². The van der Waals surface area contributed by atoms with Crippen LogP contribution in [0.15, 0.2) is 22.8 Å². The Morgan fingerprint density at radius 2 is 1.71 bits per heavy atom. The first kappa shape index (κ1) is 31.5. The maximum atomic E-state index is 14.6. The molecule has 6 nitrogen and oxygen atoms in total. The summed E-state index contributed by atoms with van der Waals surface area (Å²) in [5.74, 6) is 0.622. The van der Waals surface area contributed by atoms with Gasteiger partial charge in [0.05, 0.1) is 7.11 Å². The van der Waals surface area contributed by atoms with Gasteiger partial charge >= 0.3 is 11.9 Å². The van der Waals surface area contributed by atoms with Gasteiger partial charge in [0.1, 0.15) is 11.9 Å². The highest BCUT2D eigenvalue weighted by molar-refractivity contribution is 5.91. The number of fused-ring (bicyclic) bond motifs is 5. The molecule has 0 aromatic carbocycles. The summed E-state index contributed by atoms with van der Waals surface area (Å²) in [5, 5.41) is 0. The van der Waals surface area contributed by atoms with Crippen LogP contribution in [-0.2, 0) is 23.9 Å². The van der Waals surface area contributed by atoms with Gasteiger partial charge in [-0.15, -0.1) is 0 Å². The van der Waals surface area contributed by atoms with Gasteiger partial charge < -0.3 is 14.4 Å². The third-order valence-corrected chi connectivity index (χ3v) is 13.1. The molecule has 1 saturated heterocycles. The quantitative estimate of drug-likeness (QED) is 0.190. The van der Waals surface area contributed by atoms with Crippen molar-refractivity contribution in [3.05, 3.63) is 22.8 Å². The van der Waals surface area contributed by atoms with Crippen molar-refractivity contribution in [2.75, 3.05) is 20.2 Å². The van der Waals surface area contributed by atoms with Crippen molar-refractivity contribution in [1.29, 1.82) is 0 Å². The van der Waals surface area contributed by atoms with Gasteiger partial charge in [-0.05, 0) is 124 Å². The molecule has 0 aromatic rings. The van der Waals surface area contributed by atoms with E-state index in [4.69, 9.17) is 9.47 Å². The molecule has 0 aromatic heterocycles. The van der Waals surface area contributed by atoms with Gasteiger partial charge in [-0.2, -0.15) is 0 Å². The average Bonchev–Trinajstić information content (AvgIpc) is 3.53. The van der Waals surface area contributed by atoms with Crippen LogP contribution in [0.4, 0.5) is 0 Å². The van der Waals surface area contributed by atoms with Gasteiger partial charge in [0.2, 0.25) is 0 Å². The molecule has 0 bridgehead atoms. The van der Waals surface area contributed by atoms with Gasteiger partial charge in [-0.25, -0.2) is 4.79 Å². The third-order valence-electron chi connectivity index (χ3n) is 13.1. The van der Waals surface area contributed by atoms with Gasteiger partial charge in [-0.3, -0.25) is 9.59 Å². The minimum Gasteiger partial charge on any atom is -0.466 e. The van der Waals surface area contributed by atoms with E-state index < -0.39 is 6.10 Å². The molecule has 234 valence electrons. The molecule has 9 atom stereocenters. The fourth-order valence-corrected chi connectivity index (χ4v) is 11.2. The van der Waals surface area contributed by atoms with Gasteiger partial charge in [0.15, 0.2) is 0 Å². The Morgan fingerprint density at radius 3 is 2.33 bits per heavy atom. The van der Waals surface area contributed by atoms with E-state index in [2.05, 4.69) is 52.5 Å². The number of methoxy groups -OCH3 is 1. The second-order valence-electron chi connectivity index (χ2n) is 15.4. The van der Waals surface area contributed by atoms with Crippen molar-refractivity contribution >= 4 is 17.7 Å². The fourth-order valence-electron chi connectivity index (χ4n) is 11.2. The molecule has 5 aliphatic rings. The van der Waals surface area contributed by atoms with Crippen LogP contribution in [0.2, 0.25) is 0 Å². The van der Waals surface area contributed by atoms with Crippen LogP contribution in [0.25, 0.3) is 0 Å². The normalized spacial score (nSPS) is 42.7. The van der Waals surface area contributed by atoms with Crippen LogP contribution >= 0.6 is 0 Å². The highest BCUT2D eigenvalue weighted by Crippen LogP contribution is 2.73. The topological polar surface area (TPSA) is 72.9 Å². The van der Waals surface area contributed by atoms with Crippen LogP contribution in [0, 0.1) is 39.9 Å². The molecule has 1 aliphatic heterocycles. The first-order valence-corrected chi connectivity index (χ1v) is 16.7. The summed E-state index contributed by atoms with van der Waals surface area (Å²) in [4.78, 5) is 43.1. The maximum absolute atomic E-state index is 14.6. The van der Waals surface area contributed by atoms with Crippen LogP contribution in [0.5, 0.6) is 0 Å². The average molecular weight is 582 g/mol. The molecular weight excluding hydrogens is 526 g/mol. The molecule has 4 saturated carbocycles. The molecule has 0 radical (unpaired) electrons. The third kappa shape index (κ3) is 4.92. The zero-order valence-electron chi connectivity index (χ0n) is 27.5. The minimum absolute atomic E-state index is 0.0171. The van der Waals surface area contributed by atoms with E-state index in [-0.39, 0.29) is 40.0 Å². The number of ether oxygens (including phenoxy) is 2. The summed E-state index contributed by atoms with van der Waals surface area (Å²) in [6.07, 6.45) is 10.9. The Hall–Kier alpha value is -1.95. The highest BCUT2D eigenvalue weighted by atomic mass is 16.5. The number of allylic oxidation sites excluding steroid dienone is 2. The Morgan fingerprint density at radius 1 is 1.02 bits per heavy atom. The summed E-state index contributed by atoms with van der Waals surface area (Å²) >= 11 is 0.